The number of esters is 1. The summed E-state index contributed by atoms with van der Waals surface area (Å²) in [6.07, 6.45) is 6.16. The van der Waals surface area contributed by atoms with Crippen molar-refractivity contribution in [3.05, 3.63) is 60.8 Å². The molecule has 14 atom stereocenters. The van der Waals surface area contributed by atoms with E-state index in [1.165, 1.54) is 6.08 Å². The van der Waals surface area contributed by atoms with Crippen LogP contribution in [0.3, 0.4) is 0 Å². The molecule has 2 bridgehead atoms. The maximum absolute atomic E-state index is 12.5. The molecule has 0 aromatic rings. The molecule has 0 aliphatic carbocycles. The van der Waals surface area contributed by atoms with E-state index in [0.29, 0.717) is 6.42 Å². The molecule has 0 radical (unpaired) electrons. The van der Waals surface area contributed by atoms with Crippen molar-refractivity contribution in [2.45, 2.75) is 125 Å². The number of allylic oxidation sites excluding steroid dienone is 6. The van der Waals surface area contributed by atoms with Crippen molar-refractivity contribution >= 4 is 11.9 Å². The number of amides is 1. The Kier molecular flexibility index (Phi) is 13.1. The van der Waals surface area contributed by atoms with Crippen LogP contribution in [-0.4, -0.2) is 117 Å². The van der Waals surface area contributed by atoms with Crippen LogP contribution in [-0.2, 0) is 33.3 Å². The Morgan fingerprint density at radius 3 is 2.36 bits per heavy atom. The molecule has 4 heterocycles. The number of rotatable bonds is 3. The van der Waals surface area contributed by atoms with Gasteiger partial charge >= 0.3 is 5.97 Å². The van der Waals surface area contributed by atoms with Crippen LogP contribution in [0.25, 0.3) is 0 Å². The topological polar surface area (TPSA) is 237 Å². The van der Waals surface area contributed by atoms with Crippen LogP contribution in [0.2, 0.25) is 0 Å². The number of primary amides is 1. The standard InChI is InChI=1S/C33H48N2O12/c1-18-10-8-6-4-3-5-7-9-11-21(45-32-30(40)28(34)29(39)19(2)44-32)15-25-27(31(35)41)22(37)17-33(42,47-25)16-20(36)14-24-23(46-24)12-13-26(38)43-18/h3-9,11-13,18-25,27-30,32,36-37,39-40,42H,10,14-17,34H2,1-2H3,(H2,35,41)/b4-3-,7-5-,8-6-,11-9-,13-12-/t18-,19-,20+,21+,22+,23-,24-,25+,27-,28+,29-,30+,32+,33-/m1/s1. The fourth-order valence-electron chi connectivity index (χ4n) is 6.05. The van der Waals surface area contributed by atoms with Gasteiger partial charge in [0.15, 0.2) is 12.1 Å². The van der Waals surface area contributed by atoms with Crippen molar-refractivity contribution in [3.8, 4) is 0 Å². The van der Waals surface area contributed by atoms with E-state index in [0.717, 1.165) is 0 Å². The number of hydrogen-bond acceptors (Lipinski definition) is 13. The van der Waals surface area contributed by atoms with Gasteiger partial charge in [-0.25, -0.2) is 4.79 Å². The Morgan fingerprint density at radius 1 is 0.936 bits per heavy atom. The average molecular weight is 665 g/mol. The zero-order valence-electron chi connectivity index (χ0n) is 26.6. The number of carbonyl (C=O) groups excluding carboxylic acids is 2. The fourth-order valence-corrected chi connectivity index (χ4v) is 6.05. The zero-order valence-corrected chi connectivity index (χ0v) is 26.6. The molecule has 1 amide bonds. The van der Waals surface area contributed by atoms with Crippen molar-refractivity contribution in [2.75, 3.05) is 0 Å². The van der Waals surface area contributed by atoms with Crippen LogP contribution < -0.4 is 11.5 Å². The van der Waals surface area contributed by atoms with Crippen molar-refractivity contribution in [1.82, 2.24) is 0 Å². The number of epoxide rings is 1. The van der Waals surface area contributed by atoms with Gasteiger partial charge in [-0.15, -0.1) is 0 Å². The average Bonchev–Trinajstić information content (AvgIpc) is 3.72. The highest BCUT2D eigenvalue weighted by Gasteiger charge is 2.51. The maximum Gasteiger partial charge on any atom is 0.330 e. The molecule has 0 saturated carbocycles. The molecule has 3 fully saturated rings. The summed E-state index contributed by atoms with van der Waals surface area (Å²) in [5.41, 5.74) is 11.6. The van der Waals surface area contributed by atoms with Gasteiger partial charge in [-0.2, -0.15) is 0 Å². The molecular weight excluding hydrogens is 616 g/mol. The van der Waals surface area contributed by atoms with Crippen LogP contribution >= 0.6 is 0 Å². The highest BCUT2D eigenvalue weighted by atomic mass is 16.7. The Labute approximate surface area is 273 Å². The molecule has 3 saturated heterocycles. The number of nitrogens with two attached hydrogens (primary N) is 2. The van der Waals surface area contributed by atoms with Gasteiger partial charge < -0.3 is 60.7 Å². The van der Waals surface area contributed by atoms with Gasteiger partial charge in [-0.3, -0.25) is 4.79 Å². The molecule has 14 nitrogen and oxygen atoms in total. The Bertz CT molecular complexity index is 1220. The van der Waals surface area contributed by atoms with E-state index >= 15 is 0 Å². The lowest BCUT2D eigenvalue weighted by atomic mass is 9.82. The van der Waals surface area contributed by atoms with Gasteiger partial charge in [-0.1, -0.05) is 48.6 Å². The van der Waals surface area contributed by atoms with Gasteiger partial charge in [0.1, 0.15) is 18.3 Å². The van der Waals surface area contributed by atoms with Crippen LogP contribution in [0.15, 0.2) is 60.8 Å². The normalized spacial score (nSPS) is 47.2. The largest absolute Gasteiger partial charge is 0.459 e. The first-order chi connectivity index (χ1) is 22.3. The van der Waals surface area contributed by atoms with Gasteiger partial charge in [0.05, 0.1) is 54.7 Å². The number of fused-ring (bicyclic) bond motifs is 3. The number of aliphatic hydroxyl groups excluding tert-OH is 4. The van der Waals surface area contributed by atoms with Crippen molar-refractivity contribution < 1.29 is 58.8 Å². The third kappa shape index (κ3) is 10.6. The Balaban J connectivity index is 1.58. The van der Waals surface area contributed by atoms with Gasteiger partial charge in [-0.05, 0) is 19.9 Å². The molecule has 4 aliphatic rings. The third-order valence-electron chi connectivity index (χ3n) is 8.62. The minimum atomic E-state index is -2.04. The quantitative estimate of drug-likeness (QED) is 0.149. The molecule has 9 N–H and O–H groups in total. The zero-order chi connectivity index (χ0) is 34.3. The van der Waals surface area contributed by atoms with E-state index in [9.17, 15) is 35.1 Å². The van der Waals surface area contributed by atoms with Crippen LogP contribution in [0.5, 0.6) is 0 Å². The predicted molar refractivity (Wildman–Crippen MR) is 167 cm³/mol. The molecular formula is C33H48N2O12. The monoisotopic (exact) mass is 664 g/mol. The predicted octanol–water partition coefficient (Wildman–Crippen LogP) is -0.480. The Morgan fingerprint density at radius 2 is 1.64 bits per heavy atom. The molecule has 4 aliphatic heterocycles. The molecule has 14 heteroatoms. The summed E-state index contributed by atoms with van der Waals surface area (Å²) in [6.45, 7) is 3.36. The van der Waals surface area contributed by atoms with E-state index in [1.807, 2.05) is 12.2 Å². The third-order valence-corrected chi connectivity index (χ3v) is 8.62. The van der Waals surface area contributed by atoms with E-state index in [2.05, 4.69) is 0 Å². The minimum Gasteiger partial charge on any atom is -0.459 e. The van der Waals surface area contributed by atoms with E-state index in [-0.39, 0.29) is 25.4 Å². The van der Waals surface area contributed by atoms with Crippen molar-refractivity contribution in [3.63, 3.8) is 0 Å². The second-order valence-electron chi connectivity index (χ2n) is 12.6. The van der Waals surface area contributed by atoms with Gasteiger partial charge in [0, 0.05) is 38.2 Å². The lowest BCUT2D eigenvalue weighted by Gasteiger charge is -2.45. The summed E-state index contributed by atoms with van der Waals surface area (Å²) in [6, 6.07) is -1.06. The van der Waals surface area contributed by atoms with E-state index in [4.69, 9.17) is 35.2 Å². The number of carbonyl (C=O) groups is 2. The van der Waals surface area contributed by atoms with Gasteiger partial charge in [0.2, 0.25) is 5.91 Å². The minimum absolute atomic E-state index is 0.104. The summed E-state index contributed by atoms with van der Waals surface area (Å²) in [5.74, 6) is -4.66. The first-order valence-corrected chi connectivity index (χ1v) is 16.0. The SMILES string of the molecule is C[C@@H]1C\C=C/C=C\C=C/C=C\[C@H](O[C@@H]2O[C@H](C)[C@@H](O)[C@H](N)[C@@H]2O)C[C@@H]2O[C@](O)(C[C@@H](O)C[C@H]3O[C@@H]3/C=C\C(=O)O1)C[C@H](O)[C@H]2C(N)=O. The number of cyclic esters (lactones) is 1. The van der Waals surface area contributed by atoms with E-state index in [1.54, 1.807) is 56.4 Å². The molecule has 0 aromatic carbocycles. The Hall–Kier alpha value is -2.76. The summed E-state index contributed by atoms with van der Waals surface area (Å²) >= 11 is 0. The van der Waals surface area contributed by atoms with Crippen molar-refractivity contribution in [1.29, 1.82) is 0 Å². The lowest BCUT2D eigenvalue weighted by molar-refractivity contribution is -0.306. The molecule has 4 rings (SSSR count). The van der Waals surface area contributed by atoms with Gasteiger partial charge in [0.25, 0.3) is 0 Å². The van der Waals surface area contributed by atoms with Crippen LogP contribution in [0, 0.1) is 5.92 Å². The summed E-state index contributed by atoms with van der Waals surface area (Å²) < 4.78 is 28.7. The van der Waals surface area contributed by atoms with E-state index < -0.39 is 97.3 Å². The smallest absolute Gasteiger partial charge is 0.330 e. The fraction of sp³-hybridized carbons (Fsp3) is 0.636. The molecule has 0 aromatic heterocycles. The number of aliphatic hydroxyl groups is 5. The maximum atomic E-state index is 12.5. The molecule has 47 heavy (non-hydrogen) atoms. The summed E-state index contributed by atoms with van der Waals surface area (Å²) in [4.78, 5) is 24.7. The number of ether oxygens (including phenoxy) is 5. The molecule has 0 unspecified atom stereocenters. The van der Waals surface area contributed by atoms with Crippen molar-refractivity contribution in [2.24, 2.45) is 17.4 Å². The highest BCUT2D eigenvalue weighted by Crippen LogP contribution is 2.39. The second-order valence-corrected chi connectivity index (χ2v) is 12.6. The summed E-state index contributed by atoms with van der Waals surface area (Å²) in [7, 11) is 0. The highest BCUT2D eigenvalue weighted by molar-refractivity contribution is 5.82. The first kappa shape index (κ1) is 37.1. The first-order valence-electron chi connectivity index (χ1n) is 16.0. The second kappa shape index (κ2) is 16.6. The molecule has 0 spiro atoms. The van der Waals surface area contributed by atoms with Crippen LogP contribution in [0.1, 0.15) is 46.0 Å². The lowest BCUT2D eigenvalue weighted by Crippen LogP contribution is -2.61. The number of hydrogen-bond donors (Lipinski definition) is 7. The van der Waals surface area contributed by atoms with Crippen LogP contribution in [0.4, 0.5) is 0 Å². The molecule has 262 valence electrons. The summed E-state index contributed by atoms with van der Waals surface area (Å²) in [5, 5.41) is 54.1.